The van der Waals surface area contributed by atoms with E-state index in [0.29, 0.717) is 5.84 Å². The van der Waals surface area contributed by atoms with Crippen LogP contribution in [0, 0.1) is 0 Å². The van der Waals surface area contributed by atoms with Gasteiger partial charge in [0.2, 0.25) is 0 Å². The molecular formula is C12H16N3O. The predicted molar refractivity (Wildman–Crippen MR) is 61.5 cm³/mol. The van der Waals surface area contributed by atoms with Crippen molar-refractivity contribution in [2.75, 3.05) is 0 Å². The van der Waals surface area contributed by atoms with Crippen LogP contribution in [0.4, 0.5) is 0 Å². The number of hydrogen-bond acceptors (Lipinski definition) is 3. The third kappa shape index (κ3) is 1.41. The summed E-state index contributed by atoms with van der Waals surface area (Å²) in [4.78, 5) is 8.53. The Balaban J connectivity index is 2.46. The van der Waals surface area contributed by atoms with Crippen LogP contribution in [0.1, 0.15) is 33.3 Å². The van der Waals surface area contributed by atoms with Gasteiger partial charge in [-0.05, 0) is 39.8 Å². The van der Waals surface area contributed by atoms with Gasteiger partial charge in [-0.2, -0.15) is 5.06 Å². The highest BCUT2D eigenvalue weighted by Gasteiger charge is 2.50. The first-order chi connectivity index (χ1) is 7.36. The van der Waals surface area contributed by atoms with Gasteiger partial charge in [-0.3, -0.25) is 9.98 Å². The molecule has 0 saturated carbocycles. The third-order valence-corrected chi connectivity index (χ3v) is 3.50. The maximum Gasteiger partial charge on any atom is 0.161 e. The van der Waals surface area contributed by atoms with Crippen molar-refractivity contribution in [2.45, 2.75) is 38.8 Å². The lowest BCUT2D eigenvalue weighted by Gasteiger charge is -2.35. The molecule has 0 aromatic carbocycles. The van der Waals surface area contributed by atoms with Crippen LogP contribution in [0.3, 0.4) is 0 Å². The van der Waals surface area contributed by atoms with Gasteiger partial charge in [0.15, 0.2) is 5.84 Å². The Morgan fingerprint density at radius 2 is 1.94 bits per heavy atom. The maximum atomic E-state index is 12.2. The van der Waals surface area contributed by atoms with Gasteiger partial charge in [-0.25, -0.2) is 0 Å². The van der Waals surface area contributed by atoms with Crippen molar-refractivity contribution in [3.8, 4) is 0 Å². The Kier molecular flexibility index (Phi) is 2.27. The van der Waals surface area contributed by atoms with E-state index in [1.54, 1.807) is 12.4 Å². The van der Waals surface area contributed by atoms with Crippen molar-refractivity contribution < 1.29 is 5.21 Å². The van der Waals surface area contributed by atoms with E-state index in [9.17, 15) is 5.21 Å². The number of rotatable bonds is 1. The van der Waals surface area contributed by atoms with Crippen molar-refractivity contribution in [1.82, 2.24) is 10.0 Å². The third-order valence-electron chi connectivity index (χ3n) is 3.50. The Morgan fingerprint density at radius 1 is 1.25 bits per heavy atom. The molecule has 2 rings (SSSR count). The smallest absolute Gasteiger partial charge is 0.161 e. The van der Waals surface area contributed by atoms with Crippen LogP contribution in [-0.4, -0.2) is 27.0 Å². The number of hydroxylamine groups is 2. The molecule has 4 heteroatoms. The zero-order valence-corrected chi connectivity index (χ0v) is 10.1. The Labute approximate surface area is 95.6 Å². The van der Waals surface area contributed by atoms with Crippen LogP contribution in [0.15, 0.2) is 29.5 Å². The lowest BCUT2D eigenvalue weighted by Crippen LogP contribution is -2.50. The fourth-order valence-electron chi connectivity index (χ4n) is 1.64. The largest absolute Gasteiger partial charge is 0.264 e. The summed E-state index contributed by atoms with van der Waals surface area (Å²) >= 11 is 0. The van der Waals surface area contributed by atoms with Crippen LogP contribution in [0.5, 0.6) is 0 Å². The zero-order chi connectivity index (χ0) is 12.0. The molecule has 4 nitrogen and oxygen atoms in total. The van der Waals surface area contributed by atoms with Gasteiger partial charge >= 0.3 is 0 Å². The molecule has 0 amide bonds. The molecule has 1 aliphatic heterocycles. The number of hydrogen-bond donors (Lipinski definition) is 0. The van der Waals surface area contributed by atoms with E-state index in [-0.39, 0.29) is 5.54 Å². The normalized spacial score (nSPS) is 22.1. The SMILES string of the molecule is CC1(C)N=C(c2cccnc2)N([O])C1(C)C. The highest BCUT2D eigenvalue weighted by atomic mass is 16.5. The Hall–Kier alpha value is -1.42. The first-order valence-electron chi connectivity index (χ1n) is 5.34. The monoisotopic (exact) mass is 218 g/mol. The van der Waals surface area contributed by atoms with Crippen molar-refractivity contribution in [3.63, 3.8) is 0 Å². The summed E-state index contributed by atoms with van der Waals surface area (Å²) in [6.45, 7) is 7.77. The lowest BCUT2D eigenvalue weighted by molar-refractivity contribution is -0.158. The second kappa shape index (κ2) is 3.28. The second-order valence-corrected chi connectivity index (χ2v) is 5.09. The summed E-state index contributed by atoms with van der Waals surface area (Å²) in [5.41, 5.74) is -0.144. The summed E-state index contributed by atoms with van der Waals surface area (Å²) in [6, 6.07) is 3.66. The van der Waals surface area contributed by atoms with E-state index >= 15 is 0 Å². The number of aromatic nitrogens is 1. The highest BCUT2D eigenvalue weighted by molar-refractivity contribution is 5.99. The van der Waals surface area contributed by atoms with Gasteiger partial charge in [-0.1, -0.05) is 5.21 Å². The topological polar surface area (TPSA) is 48.4 Å². The van der Waals surface area contributed by atoms with Crippen LogP contribution in [0.25, 0.3) is 0 Å². The molecule has 85 valence electrons. The van der Waals surface area contributed by atoms with Crippen LogP contribution in [-0.2, 0) is 5.21 Å². The molecule has 16 heavy (non-hydrogen) atoms. The van der Waals surface area contributed by atoms with Gasteiger partial charge < -0.3 is 0 Å². The molecule has 1 aromatic heterocycles. The fourth-order valence-corrected chi connectivity index (χ4v) is 1.64. The van der Waals surface area contributed by atoms with Crippen LogP contribution in [0.2, 0.25) is 0 Å². The predicted octanol–water partition coefficient (Wildman–Crippen LogP) is 2.05. The summed E-state index contributed by atoms with van der Waals surface area (Å²) in [7, 11) is 0. The molecule has 0 bridgehead atoms. The molecule has 1 aromatic rings. The van der Waals surface area contributed by atoms with Gasteiger partial charge in [0.1, 0.15) is 0 Å². The maximum absolute atomic E-state index is 12.2. The lowest BCUT2D eigenvalue weighted by atomic mass is 9.84. The summed E-state index contributed by atoms with van der Waals surface area (Å²) in [6.07, 6.45) is 3.35. The Morgan fingerprint density at radius 3 is 2.38 bits per heavy atom. The molecular weight excluding hydrogens is 202 g/mol. The fraction of sp³-hybridized carbons (Fsp3) is 0.500. The summed E-state index contributed by atoms with van der Waals surface area (Å²) < 4.78 is 0. The molecule has 2 heterocycles. The molecule has 1 aliphatic rings. The molecule has 0 saturated heterocycles. The van der Waals surface area contributed by atoms with E-state index < -0.39 is 5.54 Å². The van der Waals surface area contributed by atoms with Crippen molar-refractivity contribution in [2.24, 2.45) is 4.99 Å². The minimum Gasteiger partial charge on any atom is -0.264 e. The number of amidine groups is 1. The molecule has 0 aliphatic carbocycles. The molecule has 0 unspecified atom stereocenters. The average Bonchev–Trinajstić information content (AvgIpc) is 2.40. The van der Waals surface area contributed by atoms with E-state index in [1.165, 1.54) is 0 Å². The van der Waals surface area contributed by atoms with Crippen molar-refractivity contribution >= 4 is 5.84 Å². The Bertz CT molecular complexity index is 423. The number of pyridine rings is 1. The molecule has 0 N–H and O–H groups in total. The molecule has 0 fully saturated rings. The van der Waals surface area contributed by atoms with Gasteiger partial charge in [-0.15, -0.1) is 0 Å². The van der Waals surface area contributed by atoms with E-state index in [2.05, 4.69) is 9.98 Å². The molecule has 0 spiro atoms. The van der Waals surface area contributed by atoms with Crippen molar-refractivity contribution in [1.29, 1.82) is 0 Å². The quantitative estimate of drug-likeness (QED) is 0.724. The number of aliphatic imine (C=N–C) groups is 1. The van der Waals surface area contributed by atoms with E-state index in [4.69, 9.17) is 0 Å². The molecule has 1 radical (unpaired) electrons. The first-order valence-corrected chi connectivity index (χ1v) is 5.34. The van der Waals surface area contributed by atoms with Gasteiger partial charge in [0.25, 0.3) is 0 Å². The molecule has 0 atom stereocenters. The highest BCUT2D eigenvalue weighted by Crippen LogP contribution is 2.37. The van der Waals surface area contributed by atoms with E-state index in [1.807, 2.05) is 39.8 Å². The number of nitrogens with zero attached hydrogens (tertiary/aromatic N) is 3. The zero-order valence-electron chi connectivity index (χ0n) is 10.1. The van der Waals surface area contributed by atoms with Gasteiger partial charge in [0, 0.05) is 18.0 Å². The van der Waals surface area contributed by atoms with Crippen LogP contribution < -0.4 is 0 Å². The van der Waals surface area contributed by atoms with Crippen molar-refractivity contribution in [3.05, 3.63) is 30.1 Å². The average molecular weight is 218 g/mol. The summed E-state index contributed by atoms with van der Waals surface area (Å²) in [5.74, 6) is 0.475. The minimum absolute atomic E-state index is 0.389. The standard InChI is InChI=1S/C12H16N3O/c1-11(2)12(3,4)15(16)10(14-11)9-6-5-7-13-8-9/h5-8H,1-4H3. The summed E-state index contributed by atoms with van der Waals surface area (Å²) in [5, 5.41) is 13.2. The second-order valence-electron chi connectivity index (χ2n) is 5.09. The van der Waals surface area contributed by atoms with Gasteiger partial charge in [0.05, 0.1) is 11.1 Å². The first kappa shape index (κ1) is 11.1. The van der Waals surface area contributed by atoms with Crippen LogP contribution >= 0.6 is 0 Å². The van der Waals surface area contributed by atoms with E-state index in [0.717, 1.165) is 10.6 Å². The minimum atomic E-state index is -0.530.